The third-order valence-corrected chi connectivity index (χ3v) is 2.09. The van der Waals surface area contributed by atoms with E-state index in [4.69, 9.17) is 9.84 Å². The zero-order chi connectivity index (χ0) is 12.7. The van der Waals surface area contributed by atoms with E-state index >= 15 is 0 Å². The largest absolute Gasteiger partial charge is 0.478 e. The van der Waals surface area contributed by atoms with Crippen LogP contribution in [-0.4, -0.2) is 23.7 Å². The molecular formula is C13H14O4. The van der Waals surface area contributed by atoms with Gasteiger partial charge in [0.15, 0.2) is 0 Å². The highest BCUT2D eigenvalue weighted by Gasteiger charge is 2.16. The standard InChI is InChI=1S/C13H14O4/c1-2-3-6-9-17-13(16)11-8-5-4-7-10(11)12(14)15/h3-8H,2,9H2,1H3,(H,14,15)/b6-3+. The van der Waals surface area contributed by atoms with E-state index in [0.717, 1.165) is 6.42 Å². The Morgan fingerprint density at radius 1 is 1.24 bits per heavy atom. The number of benzene rings is 1. The van der Waals surface area contributed by atoms with E-state index in [1.807, 2.05) is 13.0 Å². The Kier molecular flexibility index (Phi) is 4.94. The van der Waals surface area contributed by atoms with Crippen molar-refractivity contribution in [2.45, 2.75) is 13.3 Å². The zero-order valence-electron chi connectivity index (χ0n) is 9.55. The van der Waals surface area contributed by atoms with Crippen molar-refractivity contribution in [3.8, 4) is 0 Å². The number of carboxylic acids is 1. The molecule has 0 bridgehead atoms. The molecule has 0 aromatic heterocycles. The maximum absolute atomic E-state index is 11.6. The number of carboxylic acid groups (broad SMARTS) is 1. The number of allylic oxidation sites excluding steroid dienone is 1. The van der Waals surface area contributed by atoms with Crippen LogP contribution in [0.25, 0.3) is 0 Å². The van der Waals surface area contributed by atoms with E-state index in [1.165, 1.54) is 12.1 Å². The number of rotatable bonds is 5. The van der Waals surface area contributed by atoms with E-state index in [2.05, 4.69) is 0 Å². The topological polar surface area (TPSA) is 63.6 Å². The summed E-state index contributed by atoms with van der Waals surface area (Å²) in [5.41, 5.74) is 0.0295. The molecule has 0 unspecified atom stereocenters. The highest BCUT2D eigenvalue weighted by molar-refractivity contribution is 6.02. The lowest BCUT2D eigenvalue weighted by molar-refractivity contribution is 0.0536. The van der Waals surface area contributed by atoms with Gasteiger partial charge in [0.05, 0.1) is 11.1 Å². The minimum Gasteiger partial charge on any atom is -0.478 e. The molecule has 0 aliphatic heterocycles. The number of hydrogen-bond acceptors (Lipinski definition) is 3. The number of carbonyl (C=O) groups is 2. The second-order valence-electron chi connectivity index (χ2n) is 3.33. The Balaban J connectivity index is 2.75. The highest BCUT2D eigenvalue weighted by Crippen LogP contribution is 2.10. The first-order valence-corrected chi connectivity index (χ1v) is 5.31. The van der Waals surface area contributed by atoms with Crippen molar-refractivity contribution in [1.29, 1.82) is 0 Å². The molecular weight excluding hydrogens is 220 g/mol. The molecule has 0 heterocycles. The van der Waals surface area contributed by atoms with Gasteiger partial charge in [0.25, 0.3) is 0 Å². The molecule has 0 spiro atoms. The fourth-order valence-corrected chi connectivity index (χ4v) is 1.28. The van der Waals surface area contributed by atoms with E-state index < -0.39 is 11.9 Å². The van der Waals surface area contributed by atoms with Crippen LogP contribution in [0, 0.1) is 0 Å². The average Bonchev–Trinajstić information content (AvgIpc) is 2.34. The lowest BCUT2D eigenvalue weighted by Gasteiger charge is -2.04. The summed E-state index contributed by atoms with van der Waals surface area (Å²) >= 11 is 0. The van der Waals surface area contributed by atoms with E-state index in [9.17, 15) is 9.59 Å². The molecule has 0 amide bonds. The van der Waals surface area contributed by atoms with Crippen molar-refractivity contribution in [1.82, 2.24) is 0 Å². The predicted octanol–water partition coefficient (Wildman–Crippen LogP) is 2.51. The lowest BCUT2D eigenvalue weighted by Crippen LogP contribution is -2.11. The maximum atomic E-state index is 11.6. The van der Waals surface area contributed by atoms with Crippen LogP contribution in [-0.2, 0) is 4.74 Å². The average molecular weight is 234 g/mol. The molecule has 0 aliphatic carbocycles. The van der Waals surface area contributed by atoms with Gasteiger partial charge < -0.3 is 9.84 Å². The summed E-state index contributed by atoms with van der Waals surface area (Å²) in [6.07, 6.45) is 4.46. The molecule has 1 aromatic rings. The van der Waals surface area contributed by atoms with Crippen LogP contribution in [0.5, 0.6) is 0 Å². The van der Waals surface area contributed by atoms with Gasteiger partial charge in [-0.1, -0.05) is 31.2 Å². The predicted molar refractivity (Wildman–Crippen MR) is 63.1 cm³/mol. The molecule has 0 aliphatic rings. The Labute approximate surface area is 99.5 Å². The van der Waals surface area contributed by atoms with Gasteiger partial charge >= 0.3 is 11.9 Å². The van der Waals surface area contributed by atoms with Gasteiger partial charge in [0.1, 0.15) is 6.61 Å². The summed E-state index contributed by atoms with van der Waals surface area (Å²) in [6, 6.07) is 5.98. The summed E-state index contributed by atoms with van der Waals surface area (Å²) in [5.74, 6) is -1.76. The minimum absolute atomic E-state index is 0.0445. The van der Waals surface area contributed by atoms with E-state index in [0.29, 0.717) is 0 Å². The summed E-state index contributed by atoms with van der Waals surface area (Å²) in [4.78, 5) is 22.5. The van der Waals surface area contributed by atoms with Crippen LogP contribution in [0.4, 0.5) is 0 Å². The third-order valence-electron chi connectivity index (χ3n) is 2.09. The zero-order valence-corrected chi connectivity index (χ0v) is 9.55. The van der Waals surface area contributed by atoms with Crippen molar-refractivity contribution >= 4 is 11.9 Å². The molecule has 0 saturated heterocycles. The molecule has 0 saturated carbocycles. The Hall–Kier alpha value is -2.10. The molecule has 4 heteroatoms. The van der Waals surface area contributed by atoms with Gasteiger partial charge in [0.2, 0.25) is 0 Å². The van der Waals surface area contributed by atoms with Crippen molar-refractivity contribution < 1.29 is 19.4 Å². The molecule has 17 heavy (non-hydrogen) atoms. The normalized spacial score (nSPS) is 10.4. The molecule has 0 radical (unpaired) electrons. The molecule has 90 valence electrons. The second-order valence-corrected chi connectivity index (χ2v) is 3.33. The number of esters is 1. The third kappa shape index (κ3) is 3.75. The summed E-state index contributed by atoms with van der Waals surface area (Å²) in [5, 5.41) is 8.90. The van der Waals surface area contributed by atoms with Crippen LogP contribution in [0.3, 0.4) is 0 Å². The Bertz CT molecular complexity index is 435. The maximum Gasteiger partial charge on any atom is 0.339 e. The van der Waals surface area contributed by atoms with Crippen LogP contribution in [0.2, 0.25) is 0 Å². The monoisotopic (exact) mass is 234 g/mol. The first-order chi connectivity index (χ1) is 8.16. The van der Waals surface area contributed by atoms with Gasteiger partial charge in [-0.15, -0.1) is 0 Å². The van der Waals surface area contributed by atoms with Gasteiger partial charge in [-0.05, 0) is 18.6 Å². The number of aromatic carboxylic acids is 1. The van der Waals surface area contributed by atoms with Gasteiger partial charge in [-0.25, -0.2) is 9.59 Å². The van der Waals surface area contributed by atoms with Crippen molar-refractivity contribution in [3.05, 3.63) is 47.5 Å². The van der Waals surface area contributed by atoms with Gasteiger partial charge in [0, 0.05) is 0 Å². The SMILES string of the molecule is CC/C=C/COC(=O)c1ccccc1C(=O)O. The first kappa shape index (κ1) is 13.0. The quantitative estimate of drug-likeness (QED) is 0.628. The number of hydrogen-bond donors (Lipinski definition) is 1. The van der Waals surface area contributed by atoms with Crippen LogP contribution >= 0.6 is 0 Å². The van der Waals surface area contributed by atoms with Crippen LogP contribution < -0.4 is 0 Å². The summed E-state index contributed by atoms with van der Waals surface area (Å²) < 4.78 is 4.93. The highest BCUT2D eigenvalue weighted by atomic mass is 16.5. The summed E-state index contributed by atoms with van der Waals surface area (Å²) in [6.45, 7) is 2.12. The fraction of sp³-hybridized carbons (Fsp3) is 0.231. The minimum atomic E-state index is -1.14. The Morgan fingerprint density at radius 2 is 1.88 bits per heavy atom. The number of ether oxygens (including phenoxy) is 1. The van der Waals surface area contributed by atoms with Crippen LogP contribution in [0.15, 0.2) is 36.4 Å². The molecule has 1 N–H and O–H groups in total. The number of carbonyl (C=O) groups excluding carboxylic acids is 1. The molecule has 0 fully saturated rings. The van der Waals surface area contributed by atoms with E-state index in [1.54, 1.807) is 18.2 Å². The van der Waals surface area contributed by atoms with Crippen LogP contribution in [0.1, 0.15) is 34.1 Å². The smallest absolute Gasteiger partial charge is 0.339 e. The van der Waals surface area contributed by atoms with Gasteiger partial charge in [-0.2, -0.15) is 0 Å². The van der Waals surface area contributed by atoms with Crippen molar-refractivity contribution in [2.75, 3.05) is 6.61 Å². The van der Waals surface area contributed by atoms with Gasteiger partial charge in [-0.3, -0.25) is 0 Å². The summed E-state index contributed by atoms with van der Waals surface area (Å²) in [7, 11) is 0. The first-order valence-electron chi connectivity index (χ1n) is 5.31. The van der Waals surface area contributed by atoms with Crippen molar-refractivity contribution in [2.24, 2.45) is 0 Å². The lowest BCUT2D eigenvalue weighted by atomic mass is 10.1. The molecule has 1 aromatic carbocycles. The Morgan fingerprint density at radius 3 is 2.47 bits per heavy atom. The van der Waals surface area contributed by atoms with Crippen molar-refractivity contribution in [3.63, 3.8) is 0 Å². The molecule has 0 atom stereocenters. The van der Waals surface area contributed by atoms with E-state index in [-0.39, 0.29) is 17.7 Å². The second kappa shape index (κ2) is 6.48. The fourth-order valence-electron chi connectivity index (χ4n) is 1.28. The molecule has 1 rings (SSSR count). The molecule has 4 nitrogen and oxygen atoms in total.